The Hall–Kier alpha value is -0.800. The van der Waals surface area contributed by atoms with Gasteiger partial charge in [0.05, 0.1) is 26.7 Å². The molecule has 0 spiro atoms. The Bertz CT molecular complexity index is 520. The third-order valence-electron chi connectivity index (χ3n) is 2.66. The molecule has 0 atom stereocenters. The van der Waals surface area contributed by atoms with Gasteiger partial charge in [0.1, 0.15) is 6.54 Å². The number of hydrogen-bond acceptors (Lipinski definition) is 0. The molecule has 0 saturated carbocycles. The van der Waals surface area contributed by atoms with E-state index in [-0.39, 0.29) is 0 Å². The summed E-state index contributed by atoms with van der Waals surface area (Å²) in [6, 6.07) is 6.57. The quantitative estimate of drug-likeness (QED) is 0.746. The second kappa shape index (κ2) is 3.90. The van der Waals surface area contributed by atoms with Crippen molar-refractivity contribution in [1.82, 2.24) is 4.57 Å². The molecule has 16 heavy (non-hydrogen) atoms. The molecule has 2 rings (SSSR count). The highest BCUT2D eigenvalue weighted by atomic mass is 79.9. The molecule has 0 N–H and O–H groups in total. The first-order valence-electron chi connectivity index (χ1n) is 5.41. The zero-order valence-corrected chi connectivity index (χ0v) is 11.9. The van der Waals surface area contributed by atoms with Crippen molar-refractivity contribution in [3.05, 3.63) is 34.4 Å². The summed E-state index contributed by atoms with van der Waals surface area (Å²) < 4.78 is 4.30. The second-order valence-electron chi connectivity index (χ2n) is 5.38. The Balaban J connectivity index is 2.62. The lowest BCUT2D eigenvalue weighted by Crippen LogP contribution is -2.33. The normalized spacial score (nSPS) is 12.3. The number of nitrogens with zero attached hydrogens (tertiary/aromatic N) is 2. The van der Waals surface area contributed by atoms with Crippen LogP contribution in [0.2, 0.25) is 0 Å². The van der Waals surface area contributed by atoms with Gasteiger partial charge in [0.2, 0.25) is 0 Å². The third kappa shape index (κ3) is 2.30. The zero-order chi connectivity index (χ0) is 11.9. The summed E-state index contributed by atoms with van der Waals surface area (Å²) in [5, 5.41) is 1.31. The minimum Gasteiger partial charge on any atom is -0.350 e. The molecule has 3 heteroatoms. The minimum absolute atomic E-state index is 0.941. The number of hydrogen-bond donors (Lipinski definition) is 0. The molecule has 0 fully saturated rings. The van der Waals surface area contributed by atoms with Crippen LogP contribution in [-0.2, 0) is 13.6 Å². The summed E-state index contributed by atoms with van der Waals surface area (Å²) in [4.78, 5) is 0. The Morgan fingerprint density at radius 3 is 2.56 bits per heavy atom. The molecule has 0 bridgehead atoms. The fourth-order valence-corrected chi connectivity index (χ4v) is 2.66. The smallest absolute Gasteiger partial charge is 0.106 e. The molecule has 1 aromatic heterocycles. The number of aromatic nitrogens is 1. The molecule has 2 nitrogen and oxygen atoms in total. The monoisotopic (exact) mass is 281 g/mol. The number of aryl methyl sites for hydroxylation is 1. The first kappa shape index (κ1) is 11.7. The van der Waals surface area contributed by atoms with Gasteiger partial charge in [0.25, 0.3) is 0 Å². The maximum atomic E-state index is 3.58. The van der Waals surface area contributed by atoms with Crippen molar-refractivity contribution in [2.75, 3.05) is 21.1 Å². The average Bonchev–Trinajstić information content (AvgIpc) is 2.44. The van der Waals surface area contributed by atoms with Crippen LogP contribution in [0.15, 0.2) is 28.9 Å². The summed E-state index contributed by atoms with van der Waals surface area (Å²) in [6.45, 7) is 1.04. The van der Waals surface area contributed by atoms with E-state index in [1.165, 1.54) is 16.5 Å². The fraction of sp³-hybridized carbons (Fsp3) is 0.385. The van der Waals surface area contributed by atoms with Crippen molar-refractivity contribution < 1.29 is 4.48 Å². The number of quaternary nitrogens is 1. The molecule has 1 heterocycles. The molecule has 1 aromatic carbocycles. The number of benzene rings is 1. The van der Waals surface area contributed by atoms with Gasteiger partial charge in [-0.05, 0) is 18.2 Å². The predicted molar refractivity (Wildman–Crippen MR) is 72.4 cm³/mol. The van der Waals surface area contributed by atoms with Gasteiger partial charge in [0, 0.05) is 28.7 Å². The molecule has 0 unspecified atom stereocenters. The lowest BCUT2D eigenvalue weighted by molar-refractivity contribution is -0.883. The Labute approximate surface area is 105 Å². The Morgan fingerprint density at radius 1 is 1.25 bits per heavy atom. The highest BCUT2D eigenvalue weighted by Gasteiger charge is 2.14. The van der Waals surface area contributed by atoms with E-state index in [2.05, 4.69) is 73.1 Å². The van der Waals surface area contributed by atoms with Crippen LogP contribution in [0.25, 0.3) is 10.9 Å². The molecule has 0 aliphatic carbocycles. The zero-order valence-electron chi connectivity index (χ0n) is 10.3. The molecular formula is C13H18BrN2+. The lowest BCUT2D eigenvalue weighted by Gasteiger charge is -2.24. The minimum atomic E-state index is 0.941. The average molecular weight is 282 g/mol. The van der Waals surface area contributed by atoms with Crippen molar-refractivity contribution in [1.29, 1.82) is 0 Å². The predicted octanol–water partition coefficient (Wildman–Crippen LogP) is 3.15. The third-order valence-corrected chi connectivity index (χ3v) is 3.12. The molecule has 2 aromatic rings. The van der Waals surface area contributed by atoms with Crippen LogP contribution in [-0.4, -0.2) is 30.2 Å². The van der Waals surface area contributed by atoms with Crippen LogP contribution in [0.3, 0.4) is 0 Å². The van der Waals surface area contributed by atoms with E-state index in [9.17, 15) is 0 Å². The Morgan fingerprint density at radius 2 is 1.94 bits per heavy atom. The summed E-state index contributed by atoms with van der Waals surface area (Å²) >= 11 is 3.58. The van der Waals surface area contributed by atoms with Gasteiger partial charge in [-0.2, -0.15) is 0 Å². The molecule has 0 saturated heterocycles. The van der Waals surface area contributed by atoms with E-state index in [0.29, 0.717) is 0 Å². The molecule has 0 aliphatic rings. The molecule has 0 amide bonds. The van der Waals surface area contributed by atoms with Gasteiger partial charge in [0.15, 0.2) is 0 Å². The molecule has 0 aliphatic heterocycles. The van der Waals surface area contributed by atoms with Crippen molar-refractivity contribution in [2.24, 2.45) is 7.05 Å². The maximum Gasteiger partial charge on any atom is 0.106 e. The number of fused-ring (bicyclic) bond motifs is 1. The van der Waals surface area contributed by atoms with E-state index in [1.807, 2.05) is 0 Å². The van der Waals surface area contributed by atoms with E-state index >= 15 is 0 Å². The van der Waals surface area contributed by atoms with Crippen LogP contribution in [0, 0.1) is 0 Å². The van der Waals surface area contributed by atoms with Crippen LogP contribution >= 0.6 is 15.9 Å². The van der Waals surface area contributed by atoms with Crippen LogP contribution < -0.4 is 0 Å². The van der Waals surface area contributed by atoms with Gasteiger partial charge < -0.3 is 9.05 Å². The van der Waals surface area contributed by atoms with Gasteiger partial charge in [-0.1, -0.05) is 15.9 Å². The van der Waals surface area contributed by atoms with Crippen molar-refractivity contribution in [3.63, 3.8) is 0 Å². The van der Waals surface area contributed by atoms with E-state index in [1.54, 1.807) is 0 Å². The summed E-state index contributed by atoms with van der Waals surface area (Å²) in [7, 11) is 8.76. The van der Waals surface area contributed by atoms with Crippen molar-refractivity contribution in [3.8, 4) is 0 Å². The second-order valence-corrected chi connectivity index (χ2v) is 6.29. The topological polar surface area (TPSA) is 4.93 Å². The Kier molecular flexibility index (Phi) is 2.84. The van der Waals surface area contributed by atoms with E-state index in [0.717, 1.165) is 15.5 Å². The van der Waals surface area contributed by atoms with Gasteiger partial charge in [-0.25, -0.2) is 0 Å². The van der Waals surface area contributed by atoms with Crippen LogP contribution in [0.5, 0.6) is 0 Å². The summed E-state index contributed by atoms with van der Waals surface area (Å²) in [5.74, 6) is 0. The SMILES string of the molecule is Cn1ccc2cc(Br)cc(C[N+](C)(C)C)c21. The van der Waals surface area contributed by atoms with Gasteiger partial charge >= 0.3 is 0 Å². The van der Waals surface area contributed by atoms with Crippen molar-refractivity contribution in [2.45, 2.75) is 6.54 Å². The standard InChI is InChI=1S/C13H18BrN2/c1-15-6-5-10-7-12(14)8-11(13(10)15)9-16(2,3)4/h5-8H,9H2,1-4H3/q+1. The fourth-order valence-electron chi connectivity index (χ4n) is 2.13. The highest BCUT2D eigenvalue weighted by Crippen LogP contribution is 2.26. The maximum absolute atomic E-state index is 3.58. The summed E-state index contributed by atoms with van der Waals surface area (Å²) in [5.41, 5.74) is 2.74. The number of halogens is 1. The molecular weight excluding hydrogens is 264 g/mol. The molecule has 0 radical (unpaired) electrons. The van der Waals surface area contributed by atoms with Crippen LogP contribution in [0.1, 0.15) is 5.56 Å². The number of rotatable bonds is 2. The lowest BCUT2D eigenvalue weighted by atomic mass is 10.1. The van der Waals surface area contributed by atoms with E-state index in [4.69, 9.17) is 0 Å². The molecule has 86 valence electrons. The summed E-state index contributed by atoms with van der Waals surface area (Å²) in [6.07, 6.45) is 2.12. The largest absolute Gasteiger partial charge is 0.350 e. The first-order valence-corrected chi connectivity index (χ1v) is 6.20. The van der Waals surface area contributed by atoms with Gasteiger partial charge in [-0.15, -0.1) is 0 Å². The first-order chi connectivity index (χ1) is 7.37. The van der Waals surface area contributed by atoms with Crippen LogP contribution in [0.4, 0.5) is 0 Å². The highest BCUT2D eigenvalue weighted by molar-refractivity contribution is 9.10. The van der Waals surface area contributed by atoms with E-state index < -0.39 is 0 Å². The van der Waals surface area contributed by atoms with Gasteiger partial charge in [-0.3, -0.25) is 0 Å². The van der Waals surface area contributed by atoms with Crippen molar-refractivity contribution >= 4 is 26.8 Å².